The Balaban J connectivity index is 2.15. The number of nitrogen functional groups attached to an aromatic ring is 1. The number of halogens is 1. The molecule has 8 heteroatoms. The second kappa shape index (κ2) is 6.26. The monoisotopic (exact) mass is 318 g/mol. The van der Waals surface area contributed by atoms with Gasteiger partial charge in [0.25, 0.3) is 0 Å². The van der Waals surface area contributed by atoms with E-state index < -0.39 is 10.0 Å². The second-order valence-corrected chi connectivity index (χ2v) is 7.36. The van der Waals surface area contributed by atoms with Crippen molar-refractivity contribution in [3.05, 3.63) is 17.3 Å². The van der Waals surface area contributed by atoms with Gasteiger partial charge in [0.2, 0.25) is 10.0 Å². The summed E-state index contributed by atoms with van der Waals surface area (Å²) in [5.74, 6) is 6.00. The van der Waals surface area contributed by atoms with Gasteiger partial charge in [0.1, 0.15) is 4.90 Å². The Morgan fingerprint density at radius 3 is 2.80 bits per heavy atom. The Morgan fingerprint density at radius 2 is 2.20 bits per heavy atom. The number of nitrogens with two attached hydrogens (primary N) is 1. The van der Waals surface area contributed by atoms with Crippen molar-refractivity contribution in [1.29, 1.82) is 0 Å². The third-order valence-corrected chi connectivity index (χ3v) is 5.30. The molecular formula is C12H19ClN4O2S. The van der Waals surface area contributed by atoms with Gasteiger partial charge in [-0.25, -0.2) is 24.0 Å². The summed E-state index contributed by atoms with van der Waals surface area (Å²) in [5, 5.41) is 0.174. The van der Waals surface area contributed by atoms with E-state index in [1.807, 2.05) is 0 Å². The average Bonchev–Trinajstić information content (AvgIpc) is 2.38. The number of nitrogens with one attached hydrogen (secondary N) is 2. The molecule has 112 valence electrons. The Morgan fingerprint density at radius 1 is 1.45 bits per heavy atom. The molecule has 1 aromatic rings. The number of hydrogen-bond acceptors (Lipinski definition) is 5. The molecule has 1 aliphatic rings. The third kappa shape index (κ3) is 3.60. The number of nitrogens with zero attached hydrogens (tertiary/aromatic N) is 1. The van der Waals surface area contributed by atoms with E-state index in [1.165, 1.54) is 12.3 Å². The van der Waals surface area contributed by atoms with Gasteiger partial charge in [-0.3, -0.25) is 0 Å². The summed E-state index contributed by atoms with van der Waals surface area (Å²) in [5.41, 5.74) is 2.30. The Labute approximate surface area is 124 Å². The Bertz CT molecular complexity index is 579. The zero-order valence-electron chi connectivity index (χ0n) is 11.3. The van der Waals surface area contributed by atoms with Crippen LogP contribution in [-0.2, 0) is 10.0 Å². The summed E-state index contributed by atoms with van der Waals surface area (Å²) in [6.45, 7) is 2.14. The number of pyridine rings is 1. The van der Waals surface area contributed by atoms with Crippen LogP contribution in [0.25, 0.3) is 0 Å². The van der Waals surface area contributed by atoms with Crippen molar-refractivity contribution in [2.45, 2.75) is 43.5 Å². The van der Waals surface area contributed by atoms with Crippen LogP contribution < -0.4 is 16.0 Å². The molecule has 1 aromatic heterocycles. The summed E-state index contributed by atoms with van der Waals surface area (Å²) < 4.78 is 27.3. The summed E-state index contributed by atoms with van der Waals surface area (Å²) >= 11 is 5.90. The summed E-state index contributed by atoms with van der Waals surface area (Å²) in [4.78, 5) is 3.94. The number of anilines is 1. The highest BCUT2D eigenvalue weighted by Crippen LogP contribution is 2.26. The fourth-order valence-electron chi connectivity index (χ4n) is 2.50. The molecule has 1 fully saturated rings. The van der Waals surface area contributed by atoms with Crippen LogP contribution in [0.15, 0.2) is 17.2 Å². The van der Waals surface area contributed by atoms with Crippen LogP contribution in [0.5, 0.6) is 0 Å². The maximum absolute atomic E-state index is 12.3. The molecule has 0 aliphatic heterocycles. The Kier molecular flexibility index (Phi) is 4.85. The number of hydrogen-bond donors (Lipinski definition) is 3. The summed E-state index contributed by atoms with van der Waals surface area (Å²) in [6.07, 6.45) is 5.18. The molecule has 0 aromatic carbocycles. The number of hydrazine groups is 1. The van der Waals surface area contributed by atoms with Crippen molar-refractivity contribution in [3.8, 4) is 0 Å². The zero-order valence-corrected chi connectivity index (χ0v) is 12.8. The summed E-state index contributed by atoms with van der Waals surface area (Å²) in [6, 6.07) is 1.33. The molecule has 2 rings (SSSR count). The fourth-order valence-corrected chi connectivity index (χ4v) is 4.04. The minimum atomic E-state index is -3.60. The lowest BCUT2D eigenvalue weighted by molar-refractivity contribution is 0.327. The van der Waals surface area contributed by atoms with Crippen molar-refractivity contribution in [3.63, 3.8) is 0 Å². The third-order valence-electron chi connectivity index (χ3n) is 3.52. The quantitative estimate of drug-likeness (QED) is 0.581. The van der Waals surface area contributed by atoms with Gasteiger partial charge >= 0.3 is 0 Å². The van der Waals surface area contributed by atoms with Gasteiger partial charge in [0.05, 0.1) is 5.02 Å². The molecule has 4 N–H and O–H groups in total. The topological polar surface area (TPSA) is 97.1 Å². The first-order valence-corrected chi connectivity index (χ1v) is 8.43. The highest BCUT2D eigenvalue weighted by Gasteiger charge is 2.25. The van der Waals surface area contributed by atoms with Crippen LogP contribution in [0.2, 0.25) is 5.02 Å². The Hall–Kier alpha value is -0.890. The van der Waals surface area contributed by atoms with E-state index in [9.17, 15) is 8.42 Å². The lowest BCUT2D eigenvalue weighted by Gasteiger charge is -2.27. The van der Waals surface area contributed by atoms with Gasteiger partial charge < -0.3 is 5.43 Å². The maximum Gasteiger partial charge on any atom is 0.242 e. The molecule has 2 unspecified atom stereocenters. The largest absolute Gasteiger partial charge is 0.307 e. The van der Waals surface area contributed by atoms with E-state index in [-0.39, 0.29) is 21.8 Å². The van der Waals surface area contributed by atoms with E-state index >= 15 is 0 Å². The smallest absolute Gasteiger partial charge is 0.242 e. The van der Waals surface area contributed by atoms with Gasteiger partial charge in [-0.2, -0.15) is 0 Å². The molecule has 20 heavy (non-hydrogen) atoms. The highest BCUT2D eigenvalue weighted by molar-refractivity contribution is 7.89. The number of sulfonamides is 1. The molecule has 0 radical (unpaired) electrons. The van der Waals surface area contributed by atoms with E-state index in [2.05, 4.69) is 22.1 Å². The lowest BCUT2D eigenvalue weighted by atomic mass is 9.88. The van der Waals surface area contributed by atoms with Gasteiger partial charge in [-0.1, -0.05) is 31.4 Å². The van der Waals surface area contributed by atoms with Crippen LogP contribution in [0.1, 0.15) is 32.6 Å². The van der Waals surface area contributed by atoms with Crippen molar-refractivity contribution in [2.75, 3.05) is 5.43 Å². The molecule has 0 bridgehead atoms. The summed E-state index contributed by atoms with van der Waals surface area (Å²) in [7, 11) is -3.60. The number of rotatable bonds is 4. The number of aromatic nitrogens is 1. The van der Waals surface area contributed by atoms with Gasteiger partial charge in [-0.05, 0) is 24.8 Å². The molecule has 6 nitrogen and oxygen atoms in total. The van der Waals surface area contributed by atoms with Gasteiger partial charge in [0.15, 0.2) is 5.82 Å². The molecule has 2 atom stereocenters. The molecule has 0 spiro atoms. The SMILES string of the molecule is CC1CCCC(NS(=O)(=O)c2cnc(NN)c(Cl)c2)C1. The van der Waals surface area contributed by atoms with Crippen molar-refractivity contribution < 1.29 is 8.42 Å². The minimum Gasteiger partial charge on any atom is -0.307 e. The van der Waals surface area contributed by atoms with E-state index in [4.69, 9.17) is 17.4 Å². The highest BCUT2D eigenvalue weighted by atomic mass is 35.5. The van der Waals surface area contributed by atoms with Crippen LogP contribution in [-0.4, -0.2) is 19.4 Å². The van der Waals surface area contributed by atoms with E-state index in [1.54, 1.807) is 0 Å². The van der Waals surface area contributed by atoms with Gasteiger partial charge in [-0.15, -0.1) is 0 Å². The normalized spacial score (nSPS) is 23.6. The predicted octanol–water partition coefficient (Wildman–Crippen LogP) is 1.88. The lowest BCUT2D eigenvalue weighted by Crippen LogP contribution is -2.38. The second-order valence-electron chi connectivity index (χ2n) is 5.24. The van der Waals surface area contributed by atoms with Crippen molar-refractivity contribution >= 4 is 27.4 Å². The van der Waals surface area contributed by atoms with Crippen LogP contribution in [0.3, 0.4) is 0 Å². The van der Waals surface area contributed by atoms with Crippen LogP contribution in [0, 0.1) is 5.92 Å². The first kappa shape index (κ1) is 15.5. The molecular weight excluding hydrogens is 300 g/mol. The van der Waals surface area contributed by atoms with E-state index in [0.29, 0.717) is 5.92 Å². The van der Waals surface area contributed by atoms with E-state index in [0.717, 1.165) is 25.7 Å². The predicted molar refractivity (Wildman–Crippen MR) is 78.8 cm³/mol. The van der Waals surface area contributed by atoms with Crippen LogP contribution >= 0.6 is 11.6 Å². The van der Waals surface area contributed by atoms with Crippen molar-refractivity contribution in [1.82, 2.24) is 9.71 Å². The molecule has 0 saturated heterocycles. The molecule has 0 amide bonds. The van der Waals surface area contributed by atoms with Gasteiger partial charge in [0, 0.05) is 12.2 Å². The van der Waals surface area contributed by atoms with Crippen molar-refractivity contribution in [2.24, 2.45) is 11.8 Å². The van der Waals surface area contributed by atoms with Crippen LogP contribution in [0.4, 0.5) is 5.82 Å². The fraction of sp³-hybridized carbons (Fsp3) is 0.583. The molecule has 1 saturated carbocycles. The average molecular weight is 319 g/mol. The molecule has 1 heterocycles. The maximum atomic E-state index is 12.3. The first-order chi connectivity index (χ1) is 9.42. The standard InChI is InChI=1S/C12H19ClN4O2S/c1-8-3-2-4-9(5-8)17-20(18,19)10-6-11(13)12(16-14)15-7-10/h6-9,17H,2-5,14H2,1H3,(H,15,16). The first-order valence-electron chi connectivity index (χ1n) is 6.57. The minimum absolute atomic E-state index is 0.0187. The zero-order chi connectivity index (χ0) is 14.8. The molecule has 1 aliphatic carbocycles.